The van der Waals surface area contributed by atoms with Gasteiger partial charge in [0.15, 0.2) is 0 Å². The number of benzene rings is 1. The van der Waals surface area contributed by atoms with E-state index in [1.165, 1.54) is 0 Å². The number of methoxy groups -OCH3 is 1. The number of hydrogen-bond donors (Lipinski definition) is 2. The summed E-state index contributed by atoms with van der Waals surface area (Å²) in [5.74, 6) is 0.946. The van der Waals surface area contributed by atoms with Gasteiger partial charge >= 0.3 is 0 Å². The minimum atomic E-state index is 0.0498. The Morgan fingerprint density at radius 2 is 2.00 bits per heavy atom. The lowest BCUT2D eigenvalue weighted by atomic mass is 10.1. The molecule has 1 aromatic carbocycles. The molecule has 1 aromatic rings. The molecule has 0 aliphatic rings. The van der Waals surface area contributed by atoms with E-state index in [0.29, 0.717) is 6.54 Å². The van der Waals surface area contributed by atoms with Crippen LogP contribution in [0.5, 0.6) is 5.75 Å². The Labute approximate surface area is 127 Å². The van der Waals surface area contributed by atoms with Gasteiger partial charge in [-0.15, -0.1) is 0 Å². The predicted octanol–water partition coefficient (Wildman–Crippen LogP) is 0.895. The maximum atomic E-state index is 11.6. The molecule has 5 nitrogen and oxygen atoms in total. The summed E-state index contributed by atoms with van der Waals surface area (Å²) in [5.41, 5.74) is 1.15. The van der Waals surface area contributed by atoms with E-state index in [1.54, 1.807) is 7.11 Å². The molecule has 0 aliphatic carbocycles. The van der Waals surface area contributed by atoms with Gasteiger partial charge in [0.05, 0.1) is 13.7 Å². The van der Waals surface area contributed by atoms with E-state index in [4.69, 9.17) is 4.74 Å². The van der Waals surface area contributed by atoms with Gasteiger partial charge < -0.3 is 20.3 Å². The van der Waals surface area contributed by atoms with E-state index in [-0.39, 0.29) is 5.91 Å². The molecule has 118 valence electrons. The van der Waals surface area contributed by atoms with Gasteiger partial charge in [0, 0.05) is 6.54 Å². The highest BCUT2D eigenvalue weighted by Gasteiger charge is 2.03. The van der Waals surface area contributed by atoms with Gasteiger partial charge in [-0.05, 0) is 51.7 Å². The highest BCUT2D eigenvalue weighted by Crippen LogP contribution is 2.16. The summed E-state index contributed by atoms with van der Waals surface area (Å²) in [5, 5.41) is 6.06. The van der Waals surface area contributed by atoms with Crippen molar-refractivity contribution in [1.29, 1.82) is 0 Å². The average molecular weight is 293 g/mol. The van der Waals surface area contributed by atoms with Gasteiger partial charge in [-0.2, -0.15) is 0 Å². The zero-order chi connectivity index (χ0) is 15.5. The summed E-state index contributed by atoms with van der Waals surface area (Å²) in [6.45, 7) is 2.83. The molecule has 2 N–H and O–H groups in total. The number of rotatable bonds is 10. The van der Waals surface area contributed by atoms with E-state index < -0.39 is 0 Å². The fourth-order valence-electron chi connectivity index (χ4n) is 2.02. The van der Waals surface area contributed by atoms with Crippen LogP contribution < -0.4 is 15.4 Å². The Kier molecular flexibility index (Phi) is 8.47. The van der Waals surface area contributed by atoms with Crippen LogP contribution in [0.4, 0.5) is 0 Å². The molecule has 5 heteroatoms. The molecule has 0 saturated carbocycles. The summed E-state index contributed by atoms with van der Waals surface area (Å²) in [6, 6.07) is 7.95. The Hall–Kier alpha value is -1.59. The second kappa shape index (κ2) is 10.2. The molecule has 0 aliphatic heterocycles. The molecule has 0 atom stereocenters. The third kappa shape index (κ3) is 7.68. The fraction of sp³-hybridized carbons (Fsp3) is 0.562. The van der Waals surface area contributed by atoms with Crippen molar-refractivity contribution in [2.75, 3.05) is 47.4 Å². The number of nitrogens with one attached hydrogen (secondary N) is 2. The van der Waals surface area contributed by atoms with Crippen LogP contribution in [0, 0.1) is 0 Å². The minimum Gasteiger partial charge on any atom is -0.496 e. The smallest absolute Gasteiger partial charge is 0.233 e. The van der Waals surface area contributed by atoms with Crippen LogP contribution in [0.15, 0.2) is 24.3 Å². The van der Waals surface area contributed by atoms with Gasteiger partial charge in [0.25, 0.3) is 0 Å². The van der Waals surface area contributed by atoms with E-state index in [2.05, 4.69) is 15.5 Å². The molecule has 0 fully saturated rings. The zero-order valence-corrected chi connectivity index (χ0v) is 13.3. The molecule has 0 aromatic heterocycles. The molecule has 1 amide bonds. The van der Waals surface area contributed by atoms with E-state index >= 15 is 0 Å². The summed E-state index contributed by atoms with van der Waals surface area (Å²) in [6.07, 6.45) is 1.82. The number of para-hydroxylation sites is 1. The van der Waals surface area contributed by atoms with Crippen LogP contribution in [0.1, 0.15) is 12.0 Å². The first-order valence-corrected chi connectivity index (χ1v) is 7.37. The second-order valence-corrected chi connectivity index (χ2v) is 5.25. The van der Waals surface area contributed by atoms with Crippen LogP contribution in [-0.2, 0) is 11.2 Å². The standard InChI is InChI=1S/C16H27N3O2/c1-19(2)12-6-10-18-16(20)13-17-11-9-14-7-4-5-8-15(14)21-3/h4-5,7-8,17H,6,9-13H2,1-3H3,(H,18,20). The maximum absolute atomic E-state index is 11.6. The number of ether oxygens (including phenoxy) is 1. The molecule has 21 heavy (non-hydrogen) atoms. The van der Waals surface area contributed by atoms with Gasteiger partial charge in [-0.25, -0.2) is 0 Å². The fourth-order valence-corrected chi connectivity index (χ4v) is 2.02. The minimum absolute atomic E-state index is 0.0498. The lowest BCUT2D eigenvalue weighted by Gasteiger charge is -2.11. The van der Waals surface area contributed by atoms with Crippen LogP contribution in [-0.4, -0.2) is 58.2 Å². The highest BCUT2D eigenvalue weighted by atomic mass is 16.5. The lowest BCUT2D eigenvalue weighted by molar-refractivity contribution is -0.120. The Morgan fingerprint density at radius 1 is 1.24 bits per heavy atom. The Balaban J connectivity index is 2.12. The van der Waals surface area contributed by atoms with E-state index in [0.717, 1.165) is 43.8 Å². The number of nitrogens with zero attached hydrogens (tertiary/aromatic N) is 1. The monoisotopic (exact) mass is 293 g/mol. The molecule has 0 spiro atoms. The zero-order valence-electron chi connectivity index (χ0n) is 13.3. The second-order valence-electron chi connectivity index (χ2n) is 5.25. The first-order chi connectivity index (χ1) is 10.1. The summed E-state index contributed by atoms with van der Waals surface area (Å²) in [4.78, 5) is 13.7. The van der Waals surface area contributed by atoms with Crippen molar-refractivity contribution in [3.8, 4) is 5.75 Å². The molecule has 0 unspecified atom stereocenters. The molecule has 1 rings (SSSR count). The summed E-state index contributed by atoms with van der Waals surface area (Å²) < 4.78 is 5.30. The lowest BCUT2D eigenvalue weighted by Crippen LogP contribution is -2.35. The molecule has 0 heterocycles. The Morgan fingerprint density at radius 3 is 2.71 bits per heavy atom. The van der Waals surface area contributed by atoms with Gasteiger partial charge in [0.2, 0.25) is 5.91 Å². The normalized spacial score (nSPS) is 10.7. The molecule has 0 saturated heterocycles. The van der Waals surface area contributed by atoms with Crippen molar-refractivity contribution >= 4 is 5.91 Å². The molecular formula is C16H27N3O2. The van der Waals surface area contributed by atoms with Crippen LogP contribution in [0.25, 0.3) is 0 Å². The van der Waals surface area contributed by atoms with Gasteiger partial charge in [-0.1, -0.05) is 18.2 Å². The number of amides is 1. The predicted molar refractivity (Wildman–Crippen MR) is 85.7 cm³/mol. The number of carbonyl (C=O) groups excluding carboxylic acids is 1. The van der Waals surface area contributed by atoms with Crippen molar-refractivity contribution < 1.29 is 9.53 Å². The SMILES string of the molecule is COc1ccccc1CCNCC(=O)NCCCN(C)C. The van der Waals surface area contributed by atoms with Crippen molar-refractivity contribution in [2.24, 2.45) is 0 Å². The number of hydrogen-bond acceptors (Lipinski definition) is 4. The third-order valence-electron chi connectivity index (χ3n) is 3.15. The summed E-state index contributed by atoms with van der Waals surface area (Å²) in [7, 11) is 5.73. The molecule has 0 bridgehead atoms. The van der Waals surface area contributed by atoms with Gasteiger partial charge in [-0.3, -0.25) is 4.79 Å². The van der Waals surface area contributed by atoms with Crippen LogP contribution >= 0.6 is 0 Å². The average Bonchev–Trinajstić information content (AvgIpc) is 2.48. The topological polar surface area (TPSA) is 53.6 Å². The maximum Gasteiger partial charge on any atom is 0.233 e. The van der Waals surface area contributed by atoms with E-state index in [1.807, 2.05) is 38.4 Å². The number of carbonyl (C=O) groups is 1. The van der Waals surface area contributed by atoms with Crippen molar-refractivity contribution in [1.82, 2.24) is 15.5 Å². The van der Waals surface area contributed by atoms with Gasteiger partial charge in [0.1, 0.15) is 5.75 Å². The quantitative estimate of drug-likeness (QED) is 0.629. The molecule has 0 radical (unpaired) electrons. The third-order valence-corrected chi connectivity index (χ3v) is 3.15. The Bertz CT molecular complexity index is 422. The van der Waals surface area contributed by atoms with Crippen molar-refractivity contribution in [3.63, 3.8) is 0 Å². The largest absolute Gasteiger partial charge is 0.496 e. The first-order valence-electron chi connectivity index (χ1n) is 7.37. The first kappa shape index (κ1) is 17.5. The van der Waals surface area contributed by atoms with Crippen LogP contribution in [0.2, 0.25) is 0 Å². The van der Waals surface area contributed by atoms with Crippen molar-refractivity contribution in [2.45, 2.75) is 12.8 Å². The van der Waals surface area contributed by atoms with Crippen LogP contribution in [0.3, 0.4) is 0 Å². The molecular weight excluding hydrogens is 266 g/mol. The summed E-state index contributed by atoms with van der Waals surface area (Å²) >= 11 is 0. The van der Waals surface area contributed by atoms with E-state index in [9.17, 15) is 4.79 Å². The van der Waals surface area contributed by atoms with Crippen molar-refractivity contribution in [3.05, 3.63) is 29.8 Å². The highest BCUT2D eigenvalue weighted by molar-refractivity contribution is 5.77.